The van der Waals surface area contributed by atoms with E-state index in [9.17, 15) is 4.39 Å². The summed E-state index contributed by atoms with van der Waals surface area (Å²) >= 11 is 0. The summed E-state index contributed by atoms with van der Waals surface area (Å²) < 4.78 is 15.0. The molecule has 2 aromatic rings. The highest BCUT2D eigenvalue weighted by Crippen LogP contribution is 2.09. The Morgan fingerprint density at radius 1 is 1.40 bits per heavy atom. The van der Waals surface area contributed by atoms with E-state index in [1.165, 1.54) is 11.6 Å². The Morgan fingerprint density at radius 3 is 2.90 bits per heavy atom. The van der Waals surface area contributed by atoms with Crippen LogP contribution in [0.4, 0.5) is 4.39 Å². The van der Waals surface area contributed by atoms with Crippen molar-refractivity contribution in [2.45, 2.75) is 39.3 Å². The first-order chi connectivity index (χ1) is 9.58. The second-order valence-electron chi connectivity index (χ2n) is 5.24. The standard InChI is InChI=1S/C16H22FN3/c1-4-16-14(11-20(3)19-16)10-18-12(2)8-13-6-5-7-15(17)9-13/h5-7,9,11-12,18H,4,8,10H2,1-3H3. The molecule has 0 fully saturated rings. The van der Waals surface area contributed by atoms with Gasteiger partial charge in [0.15, 0.2) is 0 Å². The zero-order valence-corrected chi connectivity index (χ0v) is 12.4. The Bertz CT molecular complexity index is 563. The number of nitrogens with one attached hydrogen (secondary N) is 1. The lowest BCUT2D eigenvalue weighted by Crippen LogP contribution is -2.27. The molecule has 1 heterocycles. The minimum atomic E-state index is -0.171. The quantitative estimate of drug-likeness (QED) is 0.878. The van der Waals surface area contributed by atoms with E-state index in [2.05, 4.69) is 30.5 Å². The molecule has 0 saturated heterocycles. The number of aromatic nitrogens is 2. The second-order valence-corrected chi connectivity index (χ2v) is 5.24. The molecule has 1 unspecified atom stereocenters. The fourth-order valence-corrected chi connectivity index (χ4v) is 2.40. The predicted molar refractivity (Wildman–Crippen MR) is 79.0 cm³/mol. The molecule has 1 N–H and O–H groups in total. The first-order valence-electron chi connectivity index (χ1n) is 7.07. The SMILES string of the molecule is CCc1nn(C)cc1CNC(C)Cc1cccc(F)c1. The molecule has 0 saturated carbocycles. The summed E-state index contributed by atoms with van der Waals surface area (Å²) in [5.74, 6) is -0.171. The summed E-state index contributed by atoms with van der Waals surface area (Å²) in [6.07, 6.45) is 3.82. The molecule has 0 aliphatic heterocycles. The van der Waals surface area contributed by atoms with Crippen LogP contribution in [0.15, 0.2) is 30.5 Å². The van der Waals surface area contributed by atoms with Crippen LogP contribution in [-0.4, -0.2) is 15.8 Å². The first kappa shape index (κ1) is 14.7. The van der Waals surface area contributed by atoms with Crippen molar-refractivity contribution in [3.8, 4) is 0 Å². The maximum absolute atomic E-state index is 13.1. The predicted octanol–water partition coefficient (Wildman–Crippen LogP) is 2.84. The molecule has 0 bridgehead atoms. The number of nitrogens with zero attached hydrogens (tertiary/aromatic N) is 2. The summed E-state index contributed by atoms with van der Waals surface area (Å²) in [5, 5.41) is 7.91. The third kappa shape index (κ3) is 3.90. The third-order valence-corrected chi connectivity index (χ3v) is 3.40. The topological polar surface area (TPSA) is 29.9 Å². The lowest BCUT2D eigenvalue weighted by atomic mass is 10.1. The zero-order chi connectivity index (χ0) is 14.5. The Labute approximate surface area is 119 Å². The Morgan fingerprint density at radius 2 is 2.20 bits per heavy atom. The van der Waals surface area contributed by atoms with Gasteiger partial charge in [0.1, 0.15) is 5.82 Å². The highest BCUT2D eigenvalue weighted by Gasteiger charge is 2.08. The van der Waals surface area contributed by atoms with E-state index in [0.29, 0.717) is 6.04 Å². The van der Waals surface area contributed by atoms with Gasteiger partial charge in [0, 0.05) is 31.4 Å². The second kappa shape index (κ2) is 6.66. The number of rotatable bonds is 6. The average Bonchev–Trinajstić information content (AvgIpc) is 2.77. The largest absolute Gasteiger partial charge is 0.310 e. The van der Waals surface area contributed by atoms with Gasteiger partial charge < -0.3 is 5.32 Å². The van der Waals surface area contributed by atoms with Crippen molar-refractivity contribution in [3.05, 3.63) is 53.1 Å². The highest BCUT2D eigenvalue weighted by atomic mass is 19.1. The smallest absolute Gasteiger partial charge is 0.123 e. The summed E-state index contributed by atoms with van der Waals surface area (Å²) in [6.45, 7) is 5.03. The summed E-state index contributed by atoms with van der Waals surface area (Å²) in [5.41, 5.74) is 3.39. The molecule has 3 nitrogen and oxygen atoms in total. The monoisotopic (exact) mass is 275 g/mol. The van der Waals surface area contributed by atoms with Crippen molar-refractivity contribution in [1.29, 1.82) is 0 Å². The molecule has 0 spiro atoms. The molecule has 2 rings (SSSR count). The minimum Gasteiger partial charge on any atom is -0.310 e. The van der Waals surface area contributed by atoms with Crippen molar-refractivity contribution in [2.24, 2.45) is 7.05 Å². The van der Waals surface area contributed by atoms with Crippen LogP contribution in [0.25, 0.3) is 0 Å². The molecule has 1 aromatic carbocycles. The number of benzene rings is 1. The highest BCUT2D eigenvalue weighted by molar-refractivity contribution is 5.18. The van der Waals surface area contributed by atoms with Crippen molar-refractivity contribution < 1.29 is 4.39 Å². The normalized spacial score (nSPS) is 12.6. The van der Waals surface area contributed by atoms with E-state index in [1.807, 2.05) is 17.8 Å². The molecule has 0 radical (unpaired) electrons. The maximum atomic E-state index is 13.1. The van der Waals surface area contributed by atoms with Gasteiger partial charge in [-0.05, 0) is 37.5 Å². The molecule has 0 aliphatic rings. The van der Waals surface area contributed by atoms with Crippen LogP contribution < -0.4 is 5.32 Å². The fourth-order valence-electron chi connectivity index (χ4n) is 2.40. The lowest BCUT2D eigenvalue weighted by molar-refractivity contribution is 0.541. The molecule has 0 aliphatic carbocycles. The van der Waals surface area contributed by atoms with Crippen molar-refractivity contribution in [3.63, 3.8) is 0 Å². The number of hydrogen-bond acceptors (Lipinski definition) is 2. The van der Waals surface area contributed by atoms with Crippen LogP contribution in [0.3, 0.4) is 0 Å². The van der Waals surface area contributed by atoms with Gasteiger partial charge in [-0.3, -0.25) is 4.68 Å². The fraction of sp³-hybridized carbons (Fsp3) is 0.438. The first-order valence-corrected chi connectivity index (χ1v) is 7.07. The molecule has 4 heteroatoms. The van der Waals surface area contributed by atoms with Crippen LogP contribution in [0.1, 0.15) is 30.7 Å². The van der Waals surface area contributed by atoms with Gasteiger partial charge in [-0.2, -0.15) is 5.10 Å². The van der Waals surface area contributed by atoms with Crippen LogP contribution >= 0.6 is 0 Å². The van der Waals surface area contributed by atoms with E-state index in [0.717, 1.165) is 30.6 Å². The average molecular weight is 275 g/mol. The zero-order valence-electron chi connectivity index (χ0n) is 12.4. The molecular weight excluding hydrogens is 253 g/mol. The molecule has 0 amide bonds. The number of halogens is 1. The van der Waals surface area contributed by atoms with Gasteiger partial charge >= 0.3 is 0 Å². The van der Waals surface area contributed by atoms with Crippen molar-refractivity contribution >= 4 is 0 Å². The molecule has 108 valence electrons. The lowest BCUT2D eigenvalue weighted by Gasteiger charge is -2.13. The van der Waals surface area contributed by atoms with E-state index in [-0.39, 0.29) is 5.82 Å². The summed E-state index contributed by atoms with van der Waals surface area (Å²) in [6, 6.07) is 7.09. The van der Waals surface area contributed by atoms with Gasteiger partial charge in [0.25, 0.3) is 0 Å². The van der Waals surface area contributed by atoms with E-state index in [1.54, 1.807) is 12.1 Å². The van der Waals surface area contributed by atoms with Gasteiger partial charge in [-0.1, -0.05) is 19.1 Å². The molecule has 20 heavy (non-hydrogen) atoms. The van der Waals surface area contributed by atoms with Gasteiger partial charge in [-0.25, -0.2) is 4.39 Å². The number of hydrogen-bond donors (Lipinski definition) is 1. The number of aryl methyl sites for hydroxylation is 2. The van der Waals surface area contributed by atoms with Crippen LogP contribution in [0.2, 0.25) is 0 Å². The Balaban J connectivity index is 1.90. The van der Waals surface area contributed by atoms with Crippen molar-refractivity contribution in [2.75, 3.05) is 0 Å². The van der Waals surface area contributed by atoms with Gasteiger partial charge in [-0.15, -0.1) is 0 Å². The third-order valence-electron chi connectivity index (χ3n) is 3.40. The minimum absolute atomic E-state index is 0.171. The molecule has 1 aromatic heterocycles. The Kier molecular flexibility index (Phi) is 4.90. The van der Waals surface area contributed by atoms with Crippen LogP contribution in [0.5, 0.6) is 0 Å². The van der Waals surface area contributed by atoms with Gasteiger partial charge in [0.2, 0.25) is 0 Å². The van der Waals surface area contributed by atoms with Crippen LogP contribution in [-0.2, 0) is 26.4 Å². The summed E-state index contributed by atoms with van der Waals surface area (Å²) in [4.78, 5) is 0. The van der Waals surface area contributed by atoms with E-state index >= 15 is 0 Å². The van der Waals surface area contributed by atoms with E-state index in [4.69, 9.17) is 0 Å². The molecular formula is C16H22FN3. The maximum Gasteiger partial charge on any atom is 0.123 e. The van der Waals surface area contributed by atoms with Crippen molar-refractivity contribution in [1.82, 2.24) is 15.1 Å². The van der Waals surface area contributed by atoms with E-state index < -0.39 is 0 Å². The molecule has 1 atom stereocenters. The van der Waals surface area contributed by atoms with Crippen LogP contribution in [0, 0.1) is 5.82 Å². The summed E-state index contributed by atoms with van der Waals surface area (Å²) in [7, 11) is 1.94. The Hall–Kier alpha value is -1.68. The van der Waals surface area contributed by atoms with Gasteiger partial charge in [0.05, 0.1) is 5.69 Å².